The number of rotatable bonds is 6. The molecule has 2 aliphatic heterocycles. The molecule has 6 nitrogen and oxygen atoms in total. The Morgan fingerprint density at radius 1 is 0.921 bits per heavy atom. The third-order valence-corrected chi connectivity index (χ3v) is 7.99. The van der Waals surface area contributed by atoms with Crippen LogP contribution in [-0.2, 0) is 11.2 Å². The number of carbonyl (C=O) groups is 2. The molecule has 3 fully saturated rings. The molecule has 1 saturated carbocycles. The summed E-state index contributed by atoms with van der Waals surface area (Å²) < 4.78 is 44.4. The van der Waals surface area contributed by atoms with Crippen LogP contribution in [0.1, 0.15) is 54.4 Å². The van der Waals surface area contributed by atoms with E-state index in [4.69, 9.17) is 0 Å². The van der Waals surface area contributed by atoms with E-state index in [9.17, 15) is 22.8 Å². The number of piperazine rings is 1. The van der Waals surface area contributed by atoms with E-state index in [1.807, 2.05) is 4.90 Å². The topological polar surface area (TPSA) is 61.9 Å². The largest absolute Gasteiger partial charge is 0.573 e. The number of nitrogens with one attached hydrogen (secondary N) is 1. The highest BCUT2D eigenvalue weighted by molar-refractivity contribution is 5.94. The molecular formula is C29H34F3N3O3. The number of ether oxygens (including phenoxy) is 1. The second-order valence-corrected chi connectivity index (χ2v) is 10.5. The van der Waals surface area contributed by atoms with E-state index in [2.05, 4.69) is 10.1 Å². The maximum atomic E-state index is 13.3. The first-order chi connectivity index (χ1) is 18.3. The second-order valence-electron chi connectivity index (χ2n) is 10.5. The van der Waals surface area contributed by atoms with Crippen molar-refractivity contribution in [2.45, 2.75) is 57.3 Å². The standard InChI is InChI=1S/C29H34F3N3O3/c30-29(31,32)38-26-19-22(20-6-8-21(9-7-20)27(36)34-16-13-33-14-17-34)10-11-23(26)18-24-12-15-35(28(24)37)25-4-2-1-3-5-25/h6-11,19,24-25,33H,1-5,12-18H2. The van der Waals surface area contributed by atoms with Crippen LogP contribution in [0, 0.1) is 5.92 Å². The molecule has 204 valence electrons. The zero-order valence-corrected chi connectivity index (χ0v) is 21.4. The zero-order chi connectivity index (χ0) is 26.7. The SMILES string of the molecule is O=C(c1ccc(-c2ccc(CC3CCN(C4CCCCC4)C3=O)c(OC(F)(F)F)c2)cc1)N1CCNCC1. The van der Waals surface area contributed by atoms with Crippen LogP contribution >= 0.6 is 0 Å². The first-order valence-electron chi connectivity index (χ1n) is 13.6. The van der Waals surface area contributed by atoms with Crippen molar-refractivity contribution >= 4 is 11.8 Å². The fourth-order valence-corrected chi connectivity index (χ4v) is 5.95. The molecule has 2 aromatic rings. The Labute approximate surface area is 221 Å². The molecule has 0 radical (unpaired) electrons. The molecule has 5 rings (SSSR count). The summed E-state index contributed by atoms with van der Waals surface area (Å²) >= 11 is 0. The van der Waals surface area contributed by atoms with Gasteiger partial charge in [0.25, 0.3) is 5.91 Å². The number of hydrogen-bond donors (Lipinski definition) is 1. The minimum atomic E-state index is -4.85. The Kier molecular flexibility index (Phi) is 7.93. The Bertz CT molecular complexity index is 1140. The van der Waals surface area contributed by atoms with Crippen LogP contribution in [0.3, 0.4) is 0 Å². The summed E-state index contributed by atoms with van der Waals surface area (Å²) in [6.07, 6.45) is 1.47. The van der Waals surface area contributed by atoms with Gasteiger partial charge in [-0.15, -0.1) is 13.2 Å². The number of likely N-dealkylation sites (tertiary alicyclic amines) is 1. The Morgan fingerprint density at radius 2 is 1.61 bits per heavy atom. The third kappa shape index (κ3) is 6.14. The third-order valence-electron chi connectivity index (χ3n) is 7.99. The van der Waals surface area contributed by atoms with Gasteiger partial charge in [0.15, 0.2) is 0 Å². The van der Waals surface area contributed by atoms with Gasteiger partial charge >= 0.3 is 6.36 Å². The lowest BCUT2D eigenvalue weighted by Gasteiger charge is -2.31. The van der Waals surface area contributed by atoms with Crippen LogP contribution < -0.4 is 10.1 Å². The summed E-state index contributed by atoms with van der Waals surface area (Å²) in [5, 5.41) is 3.21. The van der Waals surface area contributed by atoms with E-state index in [1.54, 1.807) is 41.3 Å². The first kappa shape index (κ1) is 26.5. The number of halogens is 3. The molecule has 3 aliphatic rings. The van der Waals surface area contributed by atoms with Gasteiger partial charge in [0.2, 0.25) is 5.91 Å². The zero-order valence-electron chi connectivity index (χ0n) is 21.4. The van der Waals surface area contributed by atoms with Gasteiger partial charge < -0.3 is 19.9 Å². The van der Waals surface area contributed by atoms with E-state index >= 15 is 0 Å². The number of hydrogen-bond acceptors (Lipinski definition) is 4. The first-order valence-corrected chi connectivity index (χ1v) is 13.6. The van der Waals surface area contributed by atoms with Gasteiger partial charge in [0, 0.05) is 50.2 Å². The molecule has 2 saturated heterocycles. The van der Waals surface area contributed by atoms with Crippen LogP contribution in [0.25, 0.3) is 11.1 Å². The normalized spacial score (nSPS) is 21.1. The molecule has 0 bridgehead atoms. The minimum absolute atomic E-state index is 0.0451. The number of nitrogens with zero attached hydrogens (tertiary/aromatic N) is 2. The maximum absolute atomic E-state index is 13.3. The highest BCUT2D eigenvalue weighted by Crippen LogP contribution is 2.36. The molecule has 1 N–H and O–H groups in total. The molecule has 0 aromatic heterocycles. The number of alkyl halides is 3. The van der Waals surface area contributed by atoms with Crippen LogP contribution in [0.5, 0.6) is 5.75 Å². The van der Waals surface area contributed by atoms with Gasteiger partial charge in [0.1, 0.15) is 5.75 Å². The summed E-state index contributed by atoms with van der Waals surface area (Å²) in [4.78, 5) is 29.6. The monoisotopic (exact) mass is 529 g/mol. The molecule has 38 heavy (non-hydrogen) atoms. The van der Waals surface area contributed by atoms with Gasteiger partial charge in [-0.3, -0.25) is 9.59 Å². The molecule has 1 atom stereocenters. The Hall–Kier alpha value is -3.07. The predicted molar refractivity (Wildman–Crippen MR) is 138 cm³/mol. The average molecular weight is 530 g/mol. The van der Waals surface area contributed by atoms with Gasteiger partial charge in [0.05, 0.1) is 0 Å². The molecule has 2 heterocycles. The van der Waals surface area contributed by atoms with Crippen LogP contribution in [0.4, 0.5) is 13.2 Å². The predicted octanol–water partition coefficient (Wildman–Crippen LogP) is 5.02. The van der Waals surface area contributed by atoms with Crippen molar-refractivity contribution in [3.8, 4) is 16.9 Å². The van der Waals surface area contributed by atoms with E-state index in [-0.39, 0.29) is 35.9 Å². The summed E-state index contributed by atoms with van der Waals surface area (Å²) in [7, 11) is 0. The van der Waals surface area contributed by atoms with Crippen molar-refractivity contribution < 1.29 is 27.5 Å². The number of carbonyl (C=O) groups excluding carboxylic acids is 2. The summed E-state index contributed by atoms with van der Waals surface area (Å²) in [5.41, 5.74) is 2.15. The van der Waals surface area contributed by atoms with E-state index in [1.165, 1.54) is 12.5 Å². The van der Waals surface area contributed by atoms with E-state index in [0.717, 1.165) is 38.8 Å². The molecule has 2 aromatic carbocycles. The fraction of sp³-hybridized carbons (Fsp3) is 0.517. The molecular weight excluding hydrogens is 495 g/mol. The molecule has 9 heteroatoms. The summed E-state index contributed by atoms with van der Waals surface area (Å²) in [6, 6.07) is 11.9. The fourth-order valence-electron chi connectivity index (χ4n) is 5.95. The smallest absolute Gasteiger partial charge is 0.405 e. The van der Waals surface area contributed by atoms with Crippen molar-refractivity contribution in [2.24, 2.45) is 5.92 Å². The number of amides is 2. The van der Waals surface area contributed by atoms with Gasteiger partial charge in [-0.2, -0.15) is 0 Å². The van der Waals surface area contributed by atoms with Gasteiger partial charge in [-0.05, 0) is 60.6 Å². The minimum Gasteiger partial charge on any atom is -0.405 e. The van der Waals surface area contributed by atoms with Crippen molar-refractivity contribution in [1.29, 1.82) is 0 Å². The lowest BCUT2D eigenvalue weighted by molar-refractivity contribution is -0.274. The molecule has 0 spiro atoms. The summed E-state index contributed by atoms with van der Waals surface area (Å²) in [6.45, 7) is 3.46. The van der Waals surface area contributed by atoms with Crippen molar-refractivity contribution in [2.75, 3.05) is 32.7 Å². The summed E-state index contributed by atoms with van der Waals surface area (Å²) in [5.74, 6) is -0.629. The van der Waals surface area contributed by atoms with Gasteiger partial charge in [-0.1, -0.05) is 43.5 Å². The van der Waals surface area contributed by atoms with E-state index < -0.39 is 6.36 Å². The Balaban J connectivity index is 1.33. The second kappa shape index (κ2) is 11.4. The maximum Gasteiger partial charge on any atom is 0.573 e. The van der Waals surface area contributed by atoms with Crippen LogP contribution in [-0.4, -0.2) is 66.7 Å². The average Bonchev–Trinajstić information content (AvgIpc) is 3.29. The quantitative estimate of drug-likeness (QED) is 0.571. The lowest BCUT2D eigenvalue weighted by atomic mass is 9.93. The molecule has 1 unspecified atom stereocenters. The highest BCUT2D eigenvalue weighted by atomic mass is 19.4. The van der Waals surface area contributed by atoms with Crippen LogP contribution in [0.2, 0.25) is 0 Å². The van der Waals surface area contributed by atoms with Crippen molar-refractivity contribution in [3.63, 3.8) is 0 Å². The molecule has 1 aliphatic carbocycles. The van der Waals surface area contributed by atoms with Crippen molar-refractivity contribution in [3.05, 3.63) is 53.6 Å². The molecule has 2 amide bonds. The van der Waals surface area contributed by atoms with E-state index in [0.29, 0.717) is 48.3 Å². The Morgan fingerprint density at radius 3 is 2.29 bits per heavy atom. The van der Waals surface area contributed by atoms with Crippen molar-refractivity contribution in [1.82, 2.24) is 15.1 Å². The van der Waals surface area contributed by atoms with Gasteiger partial charge in [-0.25, -0.2) is 0 Å². The highest BCUT2D eigenvalue weighted by Gasteiger charge is 2.38. The van der Waals surface area contributed by atoms with Crippen LogP contribution in [0.15, 0.2) is 42.5 Å². The number of benzene rings is 2. The lowest BCUT2D eigenvalue weighted by Crippen LogP contribution is -2.46.